The lowest BCUT2D eigenvalue weighted by molar-refractivity contribution is 0.161. The predicted molar refractivity (Wildman–Crippen MR) is 87.7 cm³/mol. The monoisotopic (exact) mass is 322 g/mol. The quantitative estimate of drug-likeness (QED) is 0.908. The molecular formula is C15H25Cl2FN2. The molecule has 0 amide bonds. The van der Waals surface area contributed by atoms with E-state index in [9.17, 15) is 4.39 Å². The summed E-state index contributed by atoms with van der Waals surface area (Å²) < 4.78 is 14.1. The van der Waals surface area contributed by atoms with Crippen molar-refractivity contribution < 1.29 is 4.39 Å². The van der Waals surface area contributed by atoms with Crippen molar-refractivity contribution in [2.45, 2.75) is 32.7 Å². The van der Waals surface area contributed by atoms with Crippen LogP contribution >= 0.6 is 24.8 Å². The van der Waals surface area contributed by atoms with Gasteiger partial charge in [-0.25, -0.2) is 4.39 Å². The third-order valence-electron chi connectivity index (χ3n) is 3.66. The Kier molecular flexibility index (Phi) is 9.39. The van der Waals surface area contributed by atoms with Crippen LogP contribution in [0, 0.1) is 12.7 Å². The number of nitrogens with zero attached hydrogens (tertiary/aromatic N) is 1. The van der Waals surface area contributed by atoms with E-state index in [0.717, 1.165) is 50.1 Å². The van der Waals surface area contributed by atoms with Crippen LogP contribution in [0.5, 0.6) is 0 Å². The van der Waals surface area contributed by atoms with Crippen molar-refractivity contribution in [3.05, 3.63) is 35.1 Å². The van der Waals surface area contributed by atoms with Crippen LogP contribution in [0.2, 0.25) is 0 Å². The van der Waals surface area contributed by atoms with E-state index in [4.69, 9.17) is 0 Å². The van der Waals surface area contributed by atoms with E-state index < -0.39 is 0 Å². The highest BCUT2D eigenvalue weighted by atomic mass is 35.5. The third-order valence-corrected chi connectivity index (χ3v) is 3.66. The number of hydrogen-bond acceptors (Lipinski definition) is 2. The van der Waals surface area contributed by atoms with Crippen LogP contribution in [0.3, 0.4) is 0 Å². The fourth-order valence-corrected chi connectivity index (χ4v) is 2.72. The molecule has 0 saturated carbocycles. The molecule has 5 heteroatoms. The largest absolute Gasteiger partial charge is 0.314 e. The van der Waals surface area contributed by atoms with E-state index in [1.807, 2.05) is 19.1 Å². The van der Waals surface area contributed by atoms with E-state index in [1.54, 1.807) is 6.07 Å². The number of rotatable bonds is 4. The SMILES string of the molecule is CCC[C@H](c1cc(C)ccc1F)N1CCNCC1.Cl.Cl. The normalized spacial score (nSPS) is 16.9. The van der Waals surface area contributed by atoms with Gasteiger partial charge in [-0.2, -0.15) is 0 Å². The molecule has 1 atom stereocenters. The molecule has 1 saturated heterocycles. The highest BCUT2D eigenvalue weighted by molar-refractivity contribution is 5.85. The number of hydrogen-bond donors (Lipinski definition) is 1. The van der Waals surface area contributed by atoms with Crippen molar-refractivity contribution in [2.75, 3.05) is 26.2 Å². The predicted octanol–water partition coefficient (Wildman–Crippen LogP) is 3.72. The van der Waals surface area contributed by atoms with Crippen molar-refractivity contribution in [3.8, 4) is 0 Å². The fourth-order valence-electron chi connectivity index (χ4n) is 2.72. The maximum Gasteiger partial charge on any atom is 0.128 e. The Hall–Kier alpha value is -0.350. The topological polar surface area (TPSA) is 15.3 Å². The van der Waals surface area contributed by atoms with Gasteiger partial charge >= 0.3 is 0 Å². The average molecular weight is 323 g/mol. The minimum atomic E-state index is -0.0578. The van der Waals surface area contributed by atoms with Crippen LogP contribution in [0.15, 0.2) is 18.2 Å². The molecule has 20 heavy (non-hydrogen) atoms. The lowest BCUT2D eigenvalue weighted by atomic mass is 9.97. The maximum atomic E-state index is 14.1. The lowest BCUT2D eigenvalue weighted by Crippen LogP contribution is -2.45. The molecule has 2 rings (SSSR count). The molecule has 1 heterocycles. The van der Waals surface area contributed by atoms with Crippen molar-refractivity contribution in [1.29, 1.82) is 0 Å². The third kappa shape index (κ3) is 4.88. The van der Waals surface area contributed by atoms with Gasteiger partial charge in [0, 0.05) is 37.8 Å². The Morgan fingerprint density at radius 3 is 2.50 bits per heavy atom. The summed E-state index contributed by atoms with van der Waals surface area (Å²) in [4.78, 5) is 2.41. The van der Waals surface area contributed by atoms with Crippen LogP contribution in [-0.4, -0.2) is 31.1 Å². The van der Waals surface area contributed by atoms with Gasteiger partial charge in [0.2, 0.25) is 0 Å². The van der Waals surface area contributed by atoms with Crippen molar-refractivity contribution >= 4 is 24.8 Å². The molecule has 0 aromatic heterocycles. The van der Waals surface area contributed by atoms with Crippen LogP contribution in [0.4, 0.5) is 4.39 Å². The molecular weight excluding hydrogens is 298 g/mol. The minimum absolute atomic E-state index is 0. The summed E-state index contributed by atoms with van der Waals surface area (Å²) in [5, 5.41) is 3.35. The first kappa shape index (κ1) is 19.7. The van der Waals surface area contributed by atoms with Crippen LogP contribution in [-0.2, 0) is 0 Å². The van der Waals surface area contributed by atoms with E-state index >= 15 is 0 Å². The van der Waals surface area contributed by atoms with E-state index in [0.29, 0.717) is 0 Å². The molecule has 1 aliphatic rings. The second-order valence-corrected chi connectivity index (χ2v) is 5.12. The first-order valence-electron chi connectivity index (χ1n) is 6.93. The van der Waals surface area contributed by atoms with Crippen LogP contribution < -0.4 is 5.32 Å². The number of aryl methyl sites for hydroxylation is 1. The molecule has 2 nitrogen and oxygen atoms in total. The minimum Gasteiger partial charge on any atom is -0.314 e. The molecule has 116 valence electrons. The molecule has 1 aromatic rings. The van der Waals surface area contributed by atoms with Gasteiger partial charge in [-0.1, -0.05) is 31.0 Å². The maximum absolute atomic E-state index is 14.1. The number of benzene rings is 1. The lowest BCUT2D eigenvalue weighted by Gasteiger charge is -2.35. The highest BCUT2D eigenvalue weighted by Crippen LogP contribution is 2.28. The molecule has 0 aliphatic carbocycles. The van der Waals surface area contributed by atoms with E-state index in [-0.39, 0.29) is 36.7 Å². The average Bonchev–Trinajstić information content (AvgIpc) is 2.40. The zero-order chi connectivity index (χ0) is 13.0. The van der Waals surface area contributed by atoms with Gasteiger partial charge in [0.1, 0.15) is 5.82 Å². The van der Waals surface area contributed by atoms with Gasteiger partial charge in [-0.3, -0.25) is 4.90 Å². The summed E-state index contributed by atoms with van der Waals surface area (Å²) in [7, 11) is 0. The molecule has 1 aromatic carbocycles. The summed E-state index contributed by atoms with van der Waals surface area (Å²) in [5.74, 6) is -0.0578. The Morgan fingerprint density at radius 1 is 1.25 bits per heavy atom. The summed E-state index contributed by atoms with van der Waals surface area (Å²) in [6, 6.07) is 5.70. The first-order chi connectivity index (χ1) is 8.72. The Bertz CT molecular complexity index is 395. The second-order valence-electron chi connectivity index (χ2n) is 5.12. The molecule has 1 N–H and O–H groups in total. The van der Waals surface area contributed by atoms with Crippen molar-refractivity contribution in [1.82, 2.24) is 10.2 Å². The molecule has 0 bridgehead atoms. The molecule has 1 fully saturated rings. The first-order valence-corrected chi connectivity index (χ1v) is 6.93. The molecule has 0 spiro atoms. The van der Waals surface area contributed by atoms with Gasteiger partial charge in [-0.05, 0) is 19.4 Å². The number of nitrogens with one attached hydrogen (secondary N) is 1. The van der Waals surface area contributed by atoms with Crippen LogP contribution in [0.25, 0.3) is 0 Å². The fraction of sp³-hybridized carbons (Fsp3) is 0.600. The zero-order valence-electron chi connectivity index (χ0n) is 12.2. The zero-order valence-corrected chi connectivity index (χ0v) is 13.8. The molecule has 0 radical (unpaired) electrons. The van der Waals surface area contributed by atoms with Crippen LogP contribution in [0.1, 0.15) is 36.9 Å². The number of halogens is 3. The highest BCUT2D eigenvalue weighted by Gasteiger charge is 2.23. The standard InChI is InChI=1S/C15H23FN2.2ClH/c1-3-4-15(18-9-7-17-8-10-18)13-11-12(2)5-6-14(13)16;;/h5-6,11,15,17H,3-4,7-10H2,1-2H3;2*1H/t15-;;/m1../s1. The van der Waals surface area contributed by atoms with Gasteiger partial charge in [0.25, 0.3) is 0 Å². The summed E-state index contributed by atoms with van der Waals surface area (Å²) in [6.07, 6.45) is 2.11. The summed E-state index contributed by atoms with van der Waals surface area (Å²) in [5.41, 5.74) is 2.02. The van der Waals surface area contributed by atoms with Crippen molar-refractivity contribution in [2.24, 2.45) is 0 Å². The second kappa shape index (κ2) is 9.56. The van der Waals surface area contributed by atoms with Gasteiger partial charge in [-0.15, -0.1) is 24.8 Å². The van der Waals surface area contributed by atoms with Crippen molar-refractivity contribution in [3.63, 3.8) is 0 Å². The van der Waals surface area contributed by atoms with Gasteiger partial charge in [0.15, 0.2) is 0 Å². The van der Waals surface area contributed by atoms with E-state index in [2.05, 4.69) is 17.1 Å². The Morgan fingerprint density at radius 2 is 1.90 bits per heavy atom. The number of piperazine rings is 1. The molecule has 1 aliphatic heterocycles. The van der Waals surface area contributed by atoms with Gasteiger partial charge < -0.3 is 5.32 Å². The summed E-state index contributed by atoms with van der Waals surface area (Å²) in [6.45, 7) is 8.24. The Labute approximate surface area is 133 Å². The smallest absolute Gasteiger partial charge is 0.128 e. The van der Waals surface area contributed by atoms with Gasteiger partial charge in [0.05, 0.1) is 0 Å². The summed E-state index contributed by atoms with van der Waals surface area (Å²) >= 11 is 0. The van der Waals surface area contributed by atoms with E-state index in [1.165, 1.54) is 0 Å². The Balaban J connectivity index is 0.00000180. The molecule has 0 unspecified atom stereocenters.